The lowest BCUT2D eigenvalue weighted by Crippen LogP contribution is -2.22. The molecule has 0 aliphatic rings. The van der Waals surface area contributed by atoms with Gasteiger partial charge in [-0.05, 0) is 31.2 Å². The highest BCUT2D eigenvalue weighted by molar-refractivity contribution is 6.30. The van der Waals surface area contributed by atoms with Gasteiger partial charge in [0, 0.05) is 11.9 Å². The molecule has 0 unspecified atom stereocenters. The number of benzene rings is 1. The smallest absolute Gasteiger partial charge is 0.275 e. The summed E-state index contributed by atoms with van der Waals surface area (Å²) in [5.74, 6) is 0.110. The third-order valence-electron chi connectivity index (χ3n) is 3.11. The number of methoxy groups -OCH3 is 1. The number of hydrogen-bond donors (Lipinski definition) is 2. The third-order valence-corrected chi connectivity index (χ3v) is 3.33. The lowest BCUT2D eigenvalue weighted by Gasteiger charge is -2.07. The standard InChI is InChI=1S/C17H17ClN4O3/c1-11(9-16(23)20-15-8-7-12(18)10-19-15)21-22-17(24)13-5-3-4-6-14(13)25-2/h3-8,10H,9H2,1-2H3,(H,22,24)(H,19,20,23)/b21-11-. The first-order valence-electron chi connectivity index (χ1n) is 7.37. The molecule has 7 nitrogen and oxygen atoms in total. The van der Waals surface area contributed by atoms with Crippen LogP contribution in [0.1, 0.15) is 23.7 Å². The van der Waals surface area contributed by atoms with E-state index in [4.69, 9.17) is 16.3 Å². The summed E-state index contributed by atoms with van der Waals surface area (Å²) in [5.41, 5.74) is 3.20. The molecule has 25 heavy (non-hydrogen) atoms. The van der Waals surface area contributed by atoms with Crippen LogP contribution in [0.3, 0.4) is 0 Å². The fraction of sp³-hybridized carbons (Fsp3) is 0.176. The molecule has 2 aromatic rings. The Labute approximate surface area is 150 Å². The summed E-state index contributed by atoms with van der Waals surface area (Å²) >= 11 is 5.73. The SMILES string of the molecule is COc1ccccc1C(=O)N/N=C(/C)CC(=O)Nc1ccc(Cl)cn1. The number of nitrogens with zero attached hydrogens (tertiary/aromatic N) is 2. The van der Waals surface area contributed by atoms with Gasteiger partial charge in [-0.1, -0.05) is 23.7 Å². The largest absolute Gasteiger partial charge is 0.496 e. The minimum absolute atomic E-state index is 0.0104. The molecule has 0 aliphatic carbocycles. The van der Waals surface area contributed by atoms with Crippen molar-refractivity contribution in [2.75, 3.05) is 12.4 Å². The molecule has 130 valence electrons. The normalized spacial score (nSPS) is 10.9. The fourth-order valence-electron chi connectivity index (χ4n) is 1.95. The van der Waals surface area contributed by atoms with Crippen LogP contribution in [0.25, 0.3) is 0 Å². The molecular weight excluding hydrogens is 344 g/mol. The van der Waals surface area contributed by atoms with E-state index >= 15 is 0 Å². The van der Waals surface area contributed by atoms with E-state index in [1.165, 1.54) is 13.3 Å². The molecule has 0 saturated carbocycles. The van der Waals surface area contributed by atoms with Crippen molar-refractivity contribution < 1.29 is 14.3 Å². The molecule has 2 rings (SSSR count). The van der Waals surface area contributed by atoms with Gasteiger partial charge in [0.2, 0.25) is 5.91 Å². The zero-order valence-electron chi connectivity index (χ0n) is 13.7. The second kappa shape index (κ2) is 8.79. The first-order valence-corrected chi connectivity index (χ1v) is 7.75. The molecule has 8 heteroatoms. The first-order chi connectivity index (χ1) is 12.0. The van der Waals surface area contributed by atoms with E-state index in [0.717, 1.165) is 0 Å². The number of rotatable bonds is 6. The number of nitrogens with one attached hydrogen (secondary N) is 2. The van der Waals surface area contributed by atoms with Crippen LogP contribution in [0.5, 0.6) is 5.75 Å². The summed E-state index contributed by atoms with van der Waals surface area (Å²) in [4.78, 5) is 28.0. The Kier molecular flexibility index (Phi) is 6.47. The minimum atomic E-state index is -0.420. The monoisotopic (exact) mass is 360 g/mol. The van der Waals surface area contributed by atoms with E-state index in [2.05, 4.69) is 20.8 Å². The molecule has 1 aromatic heterocycles. The van der Waals surface area contributed by atoms with Crippen LogP contribution >= 0.6 is 11.6 Å². The van der Waals surface area contributed by atoms with E-state index in [-0.39, 0.29) is 12.3 Å². The lowest BCUT2D eigenvalue weighted by atomic mass is 10.2. The first kappa shape index (κ1) is 18.4. The predicted molar refractivity (Wildman–Crippen MR) is 96.1 cm³/mol. The van der Waals surface area contributed by atoms with Gasteiger partial charge in [0.25, 0.3) is 5.91 Å². The molecular formula is C17H17ClN4O3. The van der Waals surface area contributed by atoms with Crippen molar-refractivity contribution in [3.63, 3.8) is 0 Å². The number of ether oxygens (including phenoxy) is 1. The maximum Gasteiger partial charge on any atom is 0.275 e. The molecule has 0 atom stereocenters. The molecule has 0 aliphatic heterocycles. The molecule has 0 radical (unpaired) electrons. The van der Waals surface area contributed by atoms with E-state index < -0.39 is 5.91 Å². The predicted octanol–water partition coefficient (Wildman–Crippen LogP) is 2.88. The summed E-state index contributed by atoms with van der Waals surface area (Å²) in [6.45, 7) is 1.64. The quantitative estimate of drug-likeness (QED) is 0.612. The van der Waals surface area contributed by atoms with Crippen molar-refractivity contribution in [3.8, 4) is 5.75 Å². The number of carbonyl (C=O) groups excluding carboxylic acids is 2. The number of amides is 2. The van der Waals surface area contributed by atoms with E-state index in [1.807, 2.05) is 0 Å². The van der Waals surface area contributed by atoms with Crippen molar-refractivity contribution in [1.82, 2.24) is 10.4 Å². The molecule has 0 fully saturated rings. The summed E-state index contributed by atoms with van der Waals surface area (Å²) in [7, 11) is 1.48. The number of halogens is 1. The molecule has 0 spiro atoms. The van der Waals surface area contributed by atoms with E-state index in [9.17, 15) is 9.59 Å². The van der Waals surface area contributed by atoms with Crippen LogP contribution in [0.2, 0.25) is 5.02 Å². The number of anilines is 1. The van der Waals surface area contributed by atoms with Gasteiger partial charge in [0.05, 0.1) is 24.1 Å². The number of hydrogen-bond acceptors (Lipinski definition) is 5. The molecule has 1 aromatic carbocycles. The summed E-state index contributed by atoms with van der Waals surface area (Å²) in [6, 6.07) is 10.0. The zero-order valence-corrected chi connectivity index (χ0v) is 14.5. The van der Waals surface area contributed by atoms with Gasteiger partial charge in [0.1, 0.15) is 11.6 Å². The second-order valence-corrected chi connectivity index (χ2v) is 5.51. The van der Waals surface area contributed by atoms with Gasteiger partial charge in [-0.3, -0.25) is 9.59 Å². The second-order valence-electron chi connectivity index (χ2n) is 5.07. The van der Waals surface area contributed by atoms with Crippen molar-refractivity contribution >= 4 is 34.9 Å². The van der Waals surface area contributed by atoms with E-state index in [0.29, 0.717) is 27.9 Å². The highest BCUT2D eigenvalue weighted by Gasteiger charge is 2.11. The Hall–Kier alpha value is -2.93. The molecule has 0 saturated heterocycles. The molecule has 2 amide bonds. The van der Waals surface area contributed by atoms with Crippen molar-refractivity contribution in [2.45, 2.75) is 13.3 Å². The van der Waals surface area contributed by atoms with Crippen LogP contribution in [0.4, 0.5) is 5.82 Å². The summed E-state index contributed by atoms with van der Waals surface area (Å²) < 4.78 is 5.12. The lowest BCUT2D eigenvalue weighted by molar-refractivity contribution is -0.115. The van der Waals surface area contributed by atoms with Crippen molar-refractivity contribution in [3.05, 3.63) is 53.2 Å². The number of para-hydroxylation sites is 1. The number of carbonyl (C=O) groups is 2. The Morgan fingerprint density at radius 2 is 2.00 bits per heavy atom. The van der Waals surface area contributed by atoms with Gasteiger partial charge in [-0.15, -0.1) is 0 Å². The topological polar surface area (TPSA) is 92.7 Å². The average Bonchev–Trinajstić information content (AvgIpc) is 2.61. The Bertz CT molecular complexity index is 791. The molecule has 0 bridgehead atoms. The van der Waals surface area contributed by atoms with Crippen LogP contribution in [0.15, 0.2) is 47.7 Å². The average molecular weight is 361 g/mol. The van der Waals surface area contributed by atoms with Gasteiger partial charge < -0.3 is 10.1 Å². The van der Waals surface area contributed by atoms with Crippen LogP contribution in [-0.4, -0.2) is 29.6 Å². The maximum absolute atomic E-state index is 12.1. The molecule has 1 heterocycles. The number of aromatic nitrogens is 1. The highest BCUT2D eigenvalue weighted by atomic mass is 35.5. The fourth-order valence-corrected chi connectivity index (χ4v) is 2.06. The highest BCUT2D eigenvalue weighted by Crippen LogP contribution is 2.16. The third kappa shape index (κ3) is 5.58. The number of pyridine rings is 1. The van der Waals surface area contributed by atoms with Gasteiger partial charge in [-0.25, -0.2) is 10.4 Å². The molecule has 2 N–H and O–H groups in total. The zero-order chi connectivity index (χ0) is 18.2. The summed E-state index contributed by atoms with van der Waals surface area (Å²) in [6.07, 6.45) is 1.45. The maximum atomic E-state index is 12.1. The minimum Gasteiger partial charge on any atom is -0.496 e. The van der Waals surface area contributed by atoms with Gasteiger partial charge >= 0.3 is 0 Å². The van der Waals surface area contributed by atoms with E-state index in [1.54, 1.807) is 43.3 Å². The van der Waals surface area contributed by atoms with Crippen LogP contribution in [-0.2, 0) is 4.79 Å². The Morgan fingerprint density at radius 1 is 1.24 bits per heavy atom. The van der Waals surface area contributed by atoms with Crippen LogP contribution < -0.4 is 15.5 Å². The number of hydrazone groups is 1. The van der Waals surface area contributed by atoms with Crippen molar-refractivity contribution in [1.29, 1.82) is 0 Å². The Balaban J connectivity index is 1.91. The van der Waals surface area contributed by atoms with Crippen molar-refractivity contribution in [2.24, 2.45) is 5.10 Å². The van der Waals surface area contributed by atoms with Crippen LogP contribution in [0, 0.1) is 0 Å². The summed E-state index contributed by atoms with van der Waals surface area (Å²) in [5, 5.41) is 7.03. The van der Waals surface area contributed by atoms with Gasteiger partial charge in [-0.2, -0.15) is 5.10 Å². The Morgan fingerprint density at radius 3 is 2.68 bits per heavy atom. The van der Waals surface area contributed by atoms with Gasteiger partial charge in [0.15, 0.2) is 0 Å².